The molecule has 6 heteroatoms. The summed E-state index contributed by atoms with van der Waals surface area (Å²) in [5.41, 5.74) is 0.0208. The van der Waals surface area contributed by atoms with E-state index in [1.54, 1.807) is 13.2 Å². The van der Waals surface area contributed by atoms with Gasteiger partial charge < -0.3 is 9.64 Å². The molecule has 0 spiro atoms. The molecule has 1 aliphatic rings. The fourth-order valence-corrected chi connectivity index (χ4v) is 2.22. The van der Waals surface area contributed by atoms with Gasteiger partial charge in [-0.1, -0.05) is 6.92 Å². The number of hydrogen-bond acceptors (Lipinski definition) is 5. The van der Waals surface area contributed by atoms with Crippen LogP contribution in [0.3, 0.4) is 0 Å². The van der Waals surface area contributed by atoms with Crippen molar-refractivity contribution in [2.75, 3.05) is 25.1 Å². The van der Waals surface area contributed by atoms with Gasteiger partial charge in [-0.3, -0.25) is 10.1 Å². The van der Waals surface area contributed by atoms with E-state index in [2.05, 4.69) is 16.8 Å². The number of hydrogen-bond donors (Lipinski definition) is 0. The average Bonchev–Trinajstić information content (AvgIpc) is 2.39. The van der Waals surface area contributed by atoms with E-state index in [-0.39, 0.29) is 11.8 Å². The molecule has 0 amide bonds. The summed E-state index contributed by atoms with van der Waals surface area (Å²) in [5, 5.41) is 10.6. The van der Waals surface area contributed by atoms with Crippen LogP contribution in [-0.2, 0) is 4.74 Å². The van der Waals surface area contributed by atoms with Gasteiger partial charge in [-0.2, -0.15) is 0 Å². The van der Waals surface area contributed by atoms with Crippen LogP contribution in [-0.4, -0.2) is 36.2 Å². The van der Waals surface area contributed by atoms with Gasteiger partial charge in [0.15, 0.2) is 0 Å². The maximum Gasteiger partial charge on any atom is 0.287 e. The van der Waals surface area contributed by atoms with E-state index < -0.39 is 4.92 Å². The standard InChI is InChI=1S/C12H17N3O3/c1-9-5-6-14(8-11(9)18-2)12-4-3-10(7-13-12)15(16)17/h3-4,7,9,11H,5-6,8H2,1-2H3. The minimum absolute atomic E-state index is 0.0208. The number of ether oxygens (including phenoxy) is 1. The maximum absolute atomic E-state index is 10.6. The van der Waals surface area contributed by atoms with Crippen LogP contribution in [0, 0.1) is 16.0 Å². The summed E-state index contributed by atoms with van der Waals surface area (Å²) < 4.78 is 5.44. The Bertz CT molecular complexity index is 421. The van der Waals surface area contributed by atoms with Crippen molar-refractivity contribution < 1.29 is 9.66 Å². The lowest BCUT2D eigenvalue weighted by Gasteiger charge is -2.36. The molecule has 0 bridgehead atoms. The summed E-state index contributed by atoms with van der Waals surface area (Å²) in [6.45, 7) is 3.86. The van der Waals surface area contributed by atoms with E-state index >= 15 is 0 Å². The van der Waals surface area contributed by atoms with Crippen LogP contribution in [0.25, 0.3) is 0 Å². The molecule has 0 N–H and O–H groups in total. The van der Waals surface area contributed by atoms with Crippen molar-refractivity contribution in [3.8, 4) is 0 Å². The van der Waals surface area contributed by atoms with Crippen LogP contribution in [0.4, 0.5) is 11.5 Å². The van der Waals surface area contributed by atoms with Gasteiger partial charge in [-0.05, 0) is 18.4 Å². The minimum Gasteiger partial charge on any atom is -0.379 e. The largest absolute Gasteiger partial charge is 0.379 e. The van der Waals surface area contributed by atoms with E-state index in [0.29, 0.717) is 5.92 Å². The van der Waals surface area contributed by atoms with Gasteiger partial charge in [-0.15, -0.1) is 0 Å². The number of methoxy groups -OCH3 is 1. The maximum atomic E-state index is 10.6. The highest BCUT2D eigenvalue weighted by Crippen LogP contribution is 2.24. The SMILES string of the molecule is COC1CN(c2ccc([N+](=O)[O-])cn2)CCC1C. The Morgan fingerprint density at radius 2 is 2.33 bits per heavy atom. The van der Waals surface area contributed by atoms with Crippen molar-refractivity contribution in [1.29, 1.82) is 0 Å². The molecule has 0 radical (unpaired) electrons. The molecule has 18 heavy (non-hydrogen) atoms. The molecular formula is C12H17N3O3. The summed E-state index contributed by atoms with van der Waals surface area (Å²) in [5.74, 6) is 1.30. The average molecular weight is 251 g/mol. The monoisotopic (exact) mass is 251 g/mol. The van der Waals surface area contributed by atoms with Crippen molar-refractivity contribution in [2.24, 2.45) is 5.92 Å². The van der Waals surface area contributed by atoms with Crippen molar-refractivity contribution in [1.82, 2.24) is 4.98 Å². The second-order valence-corrected chi connectivity index (χ2v) is 4.62. The number of pyridine rings is 1. The lowest BCUT2D eigenvalue weighted by atomic mass is 9.96. The molecule has 1 aromatic rings. The fourth-order valence-electron chi connectivity index (χ4n) is 2.22. The van der Waals surface area contributed by atoms with E-state index in [1.165, 1.54) is 12.3 Å². The van der Waals surface area contributed by atoms with Crippen LogP contribution in [0.2, 0.25) is 0 Å². The lowest BCUT2D eigenvalue weighted by molar-refractivity contribution is -0.385. The zero-order chi connectivity index (χ0) is 13.1. The van der Waals surface area contributed by atoms with Gasteiger partial charge in [0, 0.05) is 26.3 Å². The first-order chi connectivity index (χ1) is 8.61. The number of nitrogens with zero attached hydrogens (tertiary/aromatic N) is 3. The van der Waals surface area contributed by atoms with E-state index in [9.17, 15) is 10.1 Å². The Kier molecular flexibility index (Phi) is 3.76. The quantitative estimate of drug-likeness (QED) is 0.605. The molecule has 98 valence electrons. The van der Waals surface area contributed by atoms with Crippen molar-refractivity contribution >= 4 is 11.5 Å². The van der Waals surface area contributed by atoms with E-state index in [0.717, 1.165) is 25.3 Å². The molecule has 1 aliphatic heterocycles. The van der Waals surface area contributed by atoms with E-state index in [4.69, 9.17) is 4.74 Å². The van der Waals surface area contributed by atoms with Crippen molar-refractivity contribution in [3.63, 3.8) is 0 Å². The van der Waals surface area contributed by atoms with Crippen molar-refractivity contribution in [2.45, 2.75) is 19.4 Å². The predicted octanol–water partition coefficient (Wildman–Crippen LogP) is 1.85. The minimum atomic E-state index is -0.437. The Morgan fingerprint density at radius 3 is 2.89 bits per heavy atom. The molecule has 0 aromatic carbocycles. The molecule has 2 heterocycles. The molecule has 6 nitrogen and oxygen atoms in total. The molecule has 0 saturated carbocycles. The zero-order valence-electron chi connectivity index (χ0n) is 10.6. The third-order valence-electron chi connectivity index (χ3n) is 3.46. The summed E-state index contributed by atoms with van der Waals surface area (Å²) in [6, 6.07) is 3.18. The van der Waals surface area contributed by atoms with Crippen LogP contribution >= 0.6 is 0 Å². The number of aromatic nitrogens is 1. The van der Waals surface area contributed by atoms with E-state index in [1.807, 2.05) is 0 Å². The van der Waals surface area contributed by atoms with Crippen LogP contribution < -0.4 is 4.90 Å². The number of rotatable bonds is 3. The predicted molar refractivity (Wildman–Crippen MR) is 67.7 cm³/mol. The molecule has 1 aromatic heterocycles. The molecular weight excluding hydrogens is 234 g/mol. The smallest absolute Gasteiger partial charge is 0.287 e. The molecule has 2 atom stereocenters. The highest BCUT2D eigenvalue weighted by atomic mass is 16.6. The van der Waals surface area contributed by atoms with Gasteiger partial charge in [0.2, 0.25) is 0 Å². The molecule has 2 rings (SSSR count). The zero-order valence-corrected chi connectivity index (χ0v) is 10.6. The number of piperidine rings is 1. The first kappa shape index (κ1) is 12.8. The van der Waals surface area contributed by atoms with Gasteiger partial charge in [0.25, 0.3) is 5.69 Å². The van der Waals surface area contributed by atoms with Gasteiger partial charge in [0.05, 0.1) is 11.0 Å². The third-order valence-corrected chi connectivity index (χ3v) is 3.46. The Hall–Kier alpha value is -1.69. The Labute approximate surface area is 106 Å². The second kappa shape index (κ2) is 5.30. The third kappa shape index (κ3) is 2.59. The van der Waals surface area contributed by atoms with Crippen LogP contribution in [0.15, 0.2) is 18.3 Å². The molecule has 1 saturated heterocycles. The second-order valence-electron chi connectivity index (χ2n) is 4.62. The highest BCUT2D eigenvalue weighted by molar-refractivity contribution is 5.43. The molecule has 1 fully saturated rings. The summed E-state index contributed by atoms with van der Waals surface area (Å²) in [6.07, 6.45) is 2.53. The topological polar surface area (TPSA) is 68.5 Å². The lowest BCUT2D eigenvalue weighted by Crippen LogP contribution is -2.44. The molecule has 0 aliphatic carbocycles. The van der Waals surface area contributed by atoms with Crippen LogP contribution in [0.1, 0.15) is 13.3 Å². The van der Waals surface area contributed by atoms with Crippen LogP contribution in [0.5, 0.6) is 0 Å². The Morgan fingerprint density at radius 1 is 1.56 bits per heavy atom. The summed E-state index contributed by atoms with van der Waals surface area (Å²) in [4.78, 5) is 16.4. The van der Waals surface area contributed by atoms with Gasteiger partial charge in [0.1, 0.15) is 12.0 Å². The highest BCUT2D eigenvalue weighted by Gasteiger charge is 2.26. The fraction of sp³-hybridized carbons (Fsp3) is 0.583. The summed E-state index contributed by atoms with van der Waals surface area (Å²) in [7, 11) is 1.72. The Balaban J connectivity index is 2.09. The molecule has 2 unspecified atom stereocenters. The van der Waals surface area contributed by atoms with Crippen molar-refractivity contribution in [3.05, 3.63) is 28.4 Å². The number of anilines is 1. The summed E-state index contributed by atoms with van der Waals surface area (Å²) >= 11 is 0. The first-order valence-corrected chi connectivity index (χ1v) is 6.00. The number of nitro groups is 1. The normalized spacial score (nSPS) is 24.0. The van der Waals surface area contributed by atoms with Gasteiger partial charge in [-0.25, -0.2) is 4.98 Å². The van der Waals surface area contributed by atoms with Gasteiger partial charge >= 0.3 is 0 Å². The first-order valence-electron chi connectivity index (χ1n) is 6.00.